The van der Waals surface area contributed by atoms with Crippen LogP contribution in [-0.4, -0.2) is 48.0 Å². The molecule has 0 aromatic carbocycles. The maximum absolute atomic E-state index is 11.9. The van der Waals surface area contributed by atoms with Gasteiger partial charge < -0.3 is 15.2 Å². The maximum atomic E-state index is 11.9. The van der Waals surface area contributed by atoms with E-state index in [1.54, 1.807) is 25.1 Å². The summed E-state index contributed by atoms with van der Waals surface area (Å²) in [4.78, 5) is 24.1. The number of likely N-dealkylation sites (N-methyl/N-ethyl adjacent to an activating group) is 2. The molecule has 0 aliphatic carbocycles. The molecule has 0 spiro atoms. The summed E-state index contributed by atoms with van der Waals surface area (Å²) >= 11 is 0. The molecule has 0 aliphatic rings. The number of nitrogens with zero attached hydrogens (tertiary/aromatic N) is 4. The van der Waals surface area contributed by atoms with Gasteiger partial charge in [-0.1, -0.05) is 13.8 Å². The van der Waals surface area contributed by atoms with Gasteiger partial charge in [-0.05, 0) is 6.92 Å². The van der Waals surface area contributed by atoms with Gasteiger partial charge in [0.2, 0.25) is 5.91 Å². The molecule has 1 rings (SSSR count). The molecule has 0 unspecified atom stereocenters. The summed E-state index contributed by atoms with van der Waals surface area (Å²) < 4.78 is 0. The van der Waals surface area contributed by atoms with E-state index in [9.17, 15) is 4.79 Å². The highest BCUT2D eigenvalue weighted by molar-refractivity contribution is 5.80. The maximum Gasteiger partial charge on any atom is 0.241 e. The van der Waals surface area contributed by atoms with Crippen LogP contribution in [0.25, 0.3) is 0 Å². The Morgan fingerprint density at radius 1 is 1.40 bits per heavy atom. The molecule has 0 aliphatic heterocycles. The summed E-state index contributed by atoms with van der Waals surface area (Å²) in [6, 6.07) is 1.75. The van der Waals surface area contributed by atoms with E-state index in [1.807, 2.05) is 25.7 Å². The van der Waals surface area contributed by atoms with Crippen molar-refractivity contribution in [2.75, 3.05) is 37.5 Å². The van der Waals surface area contributed by atoms with E-state index in [0.717, 1.165) is 0 Å². The standard InChI is InChI=1S/C13H24N6O/c1-6-19(8-12(20)18(4)5)11-7-10(17-14)15-13(16-11)9(2)3/h7,9H,6,8,14H2,1-5H3,(H,15,16,17). The van der Waals surface area contributed by atoms with E-state index < -0.39 is 0 Å². The van der Waals surface area contributed by atoms with Crippen LogP contribution in [0.2, 0.25) is 0 Å². The van der Waals surface area contributed by atoms with Crippen molar-refractivity contribution in [3.05, 3.63) is 11.9 Å². The van der Waals surface area contributed by atoms with E-state index in [-0.39, 0.29) is 18.4 Å². The molecule has 0 fully saturated rings. The molecule has 112 valence electrons. The minimum absolute atomic E-state index is 0.0267. The van der Waals surface area contributed by atoms with Crippen LogP contribution in [0.4, 0.5) is 11.6 Å². The molecule has 1 aromatic rings. The summed E-state index contributed by atoms with van der Waals surface area (Å²) in [5.74, 6) is 7.61. The number of hydrogen-bond donors (Lipinski definition) is 2. The highest BCUT2D eigenvalue weighted by Gasteiger charge is 2.15. The minimum Gasteiger partial charge on any atom is -0.347 e. The molecule has 1 heterocycles. The Kier molecular flexibility index (Phi) is 5.69. The number of aromatic nitrogens is 2. The molecule has 7 nitrogen and oxygen atoms in total. The number of carbonyl (C=O) groups excluding carboxylic acids is 1. The van der Waals surface area contributed by atoms with Gasteiger partial charge in [0.05, 0.1) is 6.54 Å². The van der Waals surface area contributed by atoms with Crippen LogP contribution in [0.3, 0.4) is 0 Å². The highest BCUT2D eigenvalue weighted by atomic mass is 16.2. The first-order chi connectivity index (χ1) is 9.38. The Hall–Kier alpha value is -1.89. The fourth-order valence-electron chi connectivity index (χ4n) is 1.61. The van der Waals surface area contributed by atoms with Crippen molar-refractivity contribution in [3.63, 3.8) is 0 Å². The smallest absolute Gasteiger partial charge is 0.241 e. The summed E-state index contributed by atoms with van der Waals surface area (Å²) in [5.41, 5.74) is 2.54. The normalized spacial score (nSPS) is 10.6. The lowest BCUT2D eigenvalue weighted by atomic mass is 10.2. The second kappa shape index (κ2) is 7.04. The second-order valence-corrected chi connectivity index (χ2v) is 5.07. The van der Waals surface area contributed by atoms with Crippen LogP contribution < -0.4 is 16.2 Å². The number of nitrogen functional groups attached to an aromatic ring is 1. The van der Waals surface area contributed by atoms with Gasteiger partial charge in [0.1, 0.15) is 17.5 Å². The third kappa shape index (κ3) is 4.06. The first-order valence-electron chi connectivity index (χ1n) is 6.69. The Balaban J connectivity index is 3.07. The van der Waals surface area contributed by atoms with Crippen molar-refractivity contribution < 1.29 is 4.79 Å². The first-order valence-corrected chi connectivity index (χ1v) is 6.69. The van der Waals surface area contributed by atoms with Crippen molar-refractivity contribution in [2.24, 2.45) is 5.84 Å². The summed E-state index contributed by atoms with van der Waals surface area (Å²) in [6.45, 7) is 6.97. The van der Waals surface area contributed by atoms with Crippen LogP contribution in [-0.2, 0) is 4.79 Å². The number of nitrogens with one attached hydrogen (secondary N) is 1. The number of hydrazine groups is 1. The molecule has 0 saturated heterocycles. The lowest BCUT2D eigenvalue weighted by molar-refractivity contribution is -0.127. The van der Waals surface area contributed by atoms with Gasteiger partial charge in [-0.25, -0.2) is 15.8 Å². The van der Waals surface area contributed by atoms with Crippen molar-refractivity contribution in [3.8, 4) is 0 Å². The Bertz CT molecular complexity index is 460. The van der Waals surface area contributed by atoms with Crippen LogP contribution in [0.15, 0.2) is 6.07 Å². The molecular weight excluding hydrogens is 256 g/mol. The third-order valence-electron chi connectivity index (χ3n) is 2.92. The topological polar surface area (TPSA) is 87.4 Å². The van der Waals surface area contributed by atoms with Gasteiger partial charge in [-0.3, -0.25) is 4.79 Å². The quantitative estimate of drug-likeness (QED) is 0.592. The fourth-order valence-corrected chi connectivity index (χ4v) is 1.61. The summed E-state index contributed by atoms with van der Waals surface area (Å²) in [5, 5.41) is 0. The van der Waals surface area contributed by atoms with Gasteiger partial charge in [-0.15, -0.1) is 0 Å². The predicted molar refractivity (Wildman–Crippen MR) is 80.5 cm³/mol. The van der Waals surface area contributed by atoms with Gasteiger partial charge in [-0.2, -0.15) is 0 Å². The average molecular weight is 280 g/mol. The van der Waals surface area contributed by atoms with E-state index >= 15 is 0 Å². The fraction of sp³-hybridized carbons (Fsp3) is 0.615. The molecule has 0 atom stereocenters. The molecule has 1 amide bonds. The van der Waals surface area contributed by atoms with Gasteiger partial charge in [0, 0.05) is 32.6 Å². The van der Waals surface area contributed by atoms with Crippen LogP contribution in [0.1, 0.15) is 32.5 Å². The molecule has 0 saturated carbocycles. The number of nitrogens with two attached hydrogens (primary N) is 1. The van der Waals surface area contributed by atoms with Gasteiger partial charge in [0.25, 0.3) is 0 Å². The lowest BCUT2D eigenvalue weighted by Gasteiger charge is -2.24. The van der Waals surface area contributed by atoms with Crippen LogP contribution in [0.5, 0.6) is 0 Å². The number of anilines is 2. The minimum atomic E-state index is 0.0267. The number of carbonyl (C=O) groups is 1. The molecule has 3 N–H and O–H groups in total. The summed E-state index contributed by atoms with van der Waals surface area (Å²) in [7, 11) is 3.48. The van der Waals surface area contributed by atoms with Gasteiger partial charge in [0.15, 0.2) is 0 Å². The van der Waals surface area contributed by atoms with E-state index in [0.29, 0.717) is 24.0 Å². The van der Waals surface area contributed by atoms with Crippen LogP contribution in [0, 0.1) is 0 Å². The number of hydrogen-bond acceptors (Lipinski definition) is 6. The van der Waals surface area contributed by atoms with E-state index in [4.69, 9.17) is 5.84 Å². The van der Waals surface area contributed by atoms with Crippen molar-refractivity contribution in [1.29, 1.82) is 0 Å². The van der Waals surface area contributed by atoms with Crippen molar-refractivity contribution in [2.45, 2.75) is 26.7 Å². The lowest BCUT2D eigenvalue weighted by Crippen LogP contribution is -2.37. The monoisotopic (exact) mass is 280 g/mol. The third-order valence-corrected chi connectivity index (χ3v) is 2.92. The molecular formula is C13H24N6O. The zero-order valence-electron chi connectivity index (χ0n) is 12.8. The van der Waals surface area contributed by atoms with Crippen LogP contribution >= 0.6 is 0 Å². The number of amides is 1. The Labute approximate surface area is 120 Å². The highest BCUT2D eigenvalue weighted by Crippen LogP contribution is 2.19. The van der Waals surface area contributed by atoms with Crippen molar-refractivity contribution >= 4 is 17.5 Å². The van der Waals surface area contributed by atoms with Gasteiger partial charge >= 0.3 is 0 Å². The van der Waals surface area contributed by atoms with E-state index in [2.05, 4.69) is 15.4 Å². The SMILES string of the molecule is CCN(CC(=O)N(C)C)c1cc(NN)nc(C(C)C)n1. The zero-order chi connectivity index (χ0) is 15.3. The first kappa shape index (κ1) is 16.2. The molecule has 7 heteroatoms. The average Bonchev–Trinajstić information content (AvgIpc) is 2.43. The Morgan fingerprint density at radius 3 is 2.50 bits per heavy atom. The Morgan fingerprint density at radius 2 is 2.05 bits per heavy atom. The van der Waals surface area contributed by atoms with Crippen molar-refractivity contribution in [1.82, 2.24) is 14.9 Å². The molecule has 0 bridgehead atoms. The van der Waals surface area contributed by atoms with E-state index in [1.165, 1.54) is 0 Å². The number of rotatable bonds is 6. The summed E-state index contributed by atoms with van der Waals surface area (Å²) in [6.07, 6.45) is 0. The predicted octanol–water partition coefficient (Wildman–Crippen LogP) is 0.800. The molecule has 1 aromatic heterocycles. The second-order valence-electron chi connectivity index (χ2n) is 5.07. The largest absolute Gasteiger partial charge is 0.347 e. The zero-order valence-corrected chi connectivity index (χ0v) is 12.8. The molecule has 20 heavy (non-hydrogen) atoms. The molecule has 0 radical (unpaired) electrons.